The SMILES string of the molecule is COc1cc(CC2CN(C(=O)c3cccc(OCC(=O)O)c3)C2)cc(OC)c1. The Morgan fingerprint density at radius 2 is 1.71 bits per heavy atom. The van der Waals surface area contributed by atoms with Gasteiger partial charge in [0.15, 0.2) is 6.61 Å². The van der Waals surface area contributed by atoms with Crippen LogP contribution >= 0.6 is 0 Å². The molecular weight excluding hydrogens is 362 g/mol. The molecule has 2 aromatic carbocycles. The van der Waals surface area contributed by atoms with Gasteiger partial charge in [0.05, 0.1) is 14.2 Å². The van der Waals surface area contributed by atoms with E-state index in [4.69, 9.17) is 19.3 Å². The molecule has 1 heterocycles. The van der Waals surface area contributed by atoms with Gasteiger partial charge in [-0.2, -0.15) is 0 Å². The third-order valence-electron chi connectivity index (χ3n) is 4.62. The zero-order valence-corrected chi connectivity index (χ0v) is 15.9. The maximum absolute atomic E-state index is 12.6. The molecule has 0 unspecified atom stereocenters. The number of carbonyl (C=O) groups excluding carboxylic acids is 1. The van der Waals surface area contributed by atoms with Crippen LogP contribution in [0, 0.1) is 5.92 Å². The Morgan fingerprint density at radius 3 is 2.32 bits per heavy atom. The summed E-state index contributed by atoms with van der Waals surface area (Å²) in [5, 5.41) is 8.69. The third kappa shape index (κ3) is 4.73. The fourth-order valence-corrected chi connectivity index (χ4v) is 3.23. The third-order valence-corrected chi connectivity index (χ3v) is 4.62. The molecule has 1 aliphatic rings. The Morgan fingerprint density at radius 1 is 1.04 bits per heavy atom. The first kappa shape index (κ1) is 19.5. The van der Waals surface area contributed by atoms with E-state index in [2.05, 4.69) is 0 Å². The Hall–Kier alpha value is -3.22. The summed E-state index contributed by atoms with van der Waals surface area (Å²) in [5.41, 5.74) is 1.60. The molecule has 0 bridgehead atoms. The maximum Gasteiger partial charge on any atom is 0.341 e. The predicted molar refractivity (Wildman–Crippen MR) is 102 cm³/mol. The number of nitrogens with zero attached hydrogens (tertiary/aromatic N) is 1. The van der Waals surface area contributed by atoms with Gasteiger partial charge in [0.1, 0.15) is 17.2 Å². The van der Waals surface area contributed by atoms with E-state index in [9.17, 15) is 9.59 Å². The van der Waals surface area contributed by atoms with E-state index in [0.717, 1.165) is 23.5 Å². The second kappa shape index (κ2) is 8.65. The Bertz CT molecular complexity index is 837. The number of benzene rings is 2. The van der Waals surface area contributed by atoms with Crippen LogP contribution in [0.4, 0.5) is 0 Å². The number of carboxylic acids is 1. The molecule has 0 atom stereocenters. The van der Waals surface area contributed by atoms with E-state index in [-0.39, 0.29) is 5.91 Å². The fraction of sp³-hybridized carbons (Fsp3) is 0.333. The number of methoxy groups -OCH3 is 2. The second-order valence-corrected chi connectivity index (χ2v) is 6.71. The molecule has 3 rings (SSSR count). The molecule has 1 fully saturated rings. The van der Waals surface area contributed by atoms with Crippen LogP contribution in [0.5, 0.6) is 17.2 Å². The van der Waals surface area contributed by atoms with E-state index < -0.39 is 12.6 Å². The van der Waals surface area contributed by atoms with Crippen LogP contribution in [0.2, 0.25) is 0 Å². The summed E-state index contributed by atoms with van der Waals surface area (Å²) in [5.74, 6) is 1.09. The highest BCUT2D eigenvalue weighted by Crippen LogP contribution is 2.28. The molecule has 0 radical (unpaired) electrons. The Balaban J connectivity index is 1.57. The second-order valence-electron chi connectivity index (χ2n) is 6.71. The zero-order chi connectivity index (χ0) is 20.1. The van der Waals surface area contributed by atoms with Crippen LogP contribution in [0.1, 0.15) is 15.9 Å². The molecule has 1 saturated heterocycles. The number of hydrogen-bond acceptors (Lipinski definition) is 5. The minimum Gasteiger partial charge on any atom is -0.497 e. The van der Waals surface area contributed by atoms with Gasteiger partial charge in [-0.3, -0.25) is 4.79 Å². The summed E-state index contributed by atoms with van der Waals surface area (Å²) in [6.45, 7) is 0.893. The van der Waals surface area contributed by atoms with E-state index >= 15 is 0 Å². The first-order valence-electron chi connectivity index (χ1n) is 8.94. The number of aliphatic carboxylic acids is 1. The number of carbonyl (C=O) groups is 2. The standard InChI is InChI=1S/C21H23NO6/c1-26-18-7-14(8-19(10-18)27-2)6-15-11-22(12-15)21(25)16-4-3-5-17(9-16)28-13-20(23)24/h3-5,7-10,15H,6,11-13H2,1-2H3,(H,23,24). The van der Waals surface area contributed by atoms with Crippen LogP contribution in [0.25, 0.3) is 0 Å². The highest BCUT2D eigenvalue weighted by atomic mass is 16.5. The van der Waals surface area contributed by atoms with Crippen molar-refractivity contribution in [2.24, 2.45) is 5.92 Å². The number of rotatable bonds is 8. The number of hydrogen-bond donors (Lipinski definition) is 1. The van der Waals surface area contributed by atoms with E-state index in [1.807, 2.05) is 18.2 Å². The number of likely N-dealkylation sites (tertiary alicyclic amines) is 1. The summed E-state index contributed by atoms with van der Waals surface area (Å²) in [6.07, 6.45) is 0.832. The monoisotopic (exact) mass is 385 g/mol. The molecule has 1 aliphatic heterocycles. The molecule has 7 nitrogen and oxygen atoms in total. The van der Waals surface area contributed by atoms with Crippen molar-refractivity contribution < 1.29 is 28.9 Å². The van der Waals surface area contributed by atoms with E-state index in [1.54, 1.807) is 43.4 Å². The van der Waals surface area contributed by atoms with Crippen molar-refractivity contribution in [3.05, 3.63) is 53.6 Å². The van der Waals surface area contributed by atoms with Gasteiger partial charge in [-0.25, -0.2) is 4.79 Å². The normalized spacial score (nSPS) is 13.6. The van der Waals surface area contributed by atoms with Gasteiger partial charge < -0.3 is 24.2 Å². The summed E-state index contributed by atoms with van der Waals surface area (Å²) in [7, 11) is 3.24. The molecule has 2 aromatic rings. The molecule has 0 aliphatic carbocycles. The maximum atomic E-state index is 12.6. The fourth-order valence-electron chi connectivity index (χ4n) is 3.23. The zero-order valence-electron chi connectivity index (χ0n) is 15.9. The van der Waals surface area contributed by atoms with Gasteiger partial charge in [0, 0.05) is 24.7 Å². The van der Waals surface area contributed by atoms with Gasteiger partial charge in [-0.05, 0) is 48.2 Å². The average molecular weight is 385 g/mol. The molecule has 0 aromatic heterocycles. The van der Waals surface area contributed by atoms with E-state index in [1.165, 1.54) is 0 Å². The highest BCUT2D eigenvalue weighted by Gasteiger charge is 2.31. The molecule has 1 N–H and O–H groups in total. The Labute approximate surface area is 163 Å². The molecular formula is C21H23NO6. The van der Waals surface area contributed by atoms with Crippen molar-refractivity contribution in [1.82, 2.24) is 4.90 Å². The lowest BCUT2D eigenvalue weighted by Crippen LogP contribution is -2.50. The van der Waals surface area contributed by atoms with Crippen LogP contribution in [0.3, 0.4) is 0 Å². The van der Waals surface area contributed by atoms with Gasteiger partial charge in [0.25, 0.3) is 5.91 Å². The summed E-state index contributed by atoms with van der Waals surface area (Å²) in [6, 6.07) is 12.4. The first-order chi connectivity index (χ1) is 13.5. The van der Waals surface area contributed by atoms with Crippen molar-refractivity contribution in [3.63, 3.8) is 0 Å². The minimum atomic E-state index is -1.06. The van der Waals surface area contributed by atoms with Crippen molar-refractivity contribution in [1.29, 1.82) is 0 Å². The van der Waals surface area contributed by atoms with Gasteiger partial charge in [-0.1, -0.05) is 6.07 Å². The van der Waals surface area contributed by atoms with Gasteiger partial charge in [-0.15, -0.1) is 0 Å². The summed E-state index contributed by atoms with van der Waals surface area (Å²) >= 11 is 0. The van der Waals surface area contributed by atoms with Gasteiger partial charge >= 0.3 is 5.97 Å². The predicted octanol–water partition coefficient (Wildman–Crippen LogP) is 2.48. The molecule has 0 spiro atoms. The minimum absolute atomic E-state index is 0.0831. The number of ether oxygens (including phenoxy) is 3. The topological polar surface area (TPSA) is 85.3 Å². The van der Waals surface area contributed by atoms with Crippen LogP contribution < -0.4 is 14.2 Å². The number of carboxylic acid groups (broad SMARTS) is 1. The van der Waals surface area contributed by atoms with Crippen molar-refractivity contribution in [2.45, 2.75) is 6.42 Å². The van der Waals surface area contributed by atoms with Crippen LogP contribution in [-0.2, 0) is 11.2 Å². The van der Waals surface area contributed by atoms with Crippen LogP contribution in [-0.4, -0.2) is 55.8 Å². The van der Waals surface area contributed by atoms with Gasteiger partial charge in [0.2, 0.25) is 0 Å². The smallest absolute Gasteiger partial charge is 0.341 e. The van der Waals surface area contributed by atoms with Crippen molar-refractivity contribution in [2.75, 3.05) is 33.9 Å². The Kier molecular flexibility index (Phi) is 6.03. The quantitative estimate of drug-likeness (QED) is 0.751. The van der Waals surface area contributed by atoms with Crippen LogP contribution in [0.15, 0.2) is 42.5 Å². The summed E-state index contributed by atoms with van der Waals surface area (Å²) in [4.78, 5) is 25.0. The molecule has 0 saturated carbocycles. The first-order valence-corrected chi connectivity index (χ1v) is 8.94. The molecule has 7 heteroatoms. The lowest BCUT2D eigenvalue weighted by Gasteiger charge is -2.39. The summed E-state index contributed by atoms with van der Waals surface area (Å²) < 4.78 is 15.7. The molecule has 148 valence electrons. The largest absolute Gasteiger partial charge is 0.497 e. The molecule has 1 amide bonds. The lowest BCUT2D eigenvalue weighted by molar-refractivity contribution is -0.139. The lowest BCUT2D eigenvalue weighted by atomic mass is 9.91. The van der Waals surface area contributed by atoms with Crippen molar-refractivity contribution in [3.8, 4) is 17.2 Å². The van der Waals surface area contributed by atoms with E-state index in [0.29, 0.717) is 30.3 Å². The van der Waals surface area contributed by atoms with Crippen molar-refractivity contribution >= 4 is 11.9 Å². The molecule has 28 heavy (non-hydrogen) atoms. The highest BCUT2D eigenvalue weighted by molar-refractivity contribution is 5.95. The average Bonchev–Trinajstić information content (AvgIpc) is 2.68. The number of amides is 1.